The van der Waals surface area contributed by atoms with E-state index in [9.17, 15) is 13.2 Å². The number of halogens is 2. The number of benzene rings is 2. The maximum absolute atomic E-state index is 12.6. The third-order valence-corrected chi connectivity index (χ3v) is 5.94. The molecule has 0 unspecified atom stereocenters. The van der Waals surface area contributed by atoms with Crippen LogP contribution in [-0.4, -0.2) is 32.3 Å². The van der Waals surface area contributed by atoms with Crippen molar-refractivity contribution < 1.29 is 13.2 Å². The lowest BCUT2D eigenvalue weighted by molar-refractivity contribution is 0.0762. The van der Waals surface area contributed by atoms with Gasteiger partial charge in [-0.2, -0.15) is 10.5 Å². The number of hydrogen-bond acceptors (Lipinski definition) is 5. The first-order valence-corrected chi connectivity index (χ1v) is 10.6. The number of nitrogens with one attached hydrogen (secondary N) is 1. The second-order valence-corrected chi connectivity index (χ2v) is 8.36. The van der Waals surface area contributed by atoms with Crippen molar-refractivity contribution in [1.29, 1.82) is 10.5 Å². The number of nitriles is 2. The van der Waals surface area contributed by atoms with Crippen molar-refractivity contribution in [1.82, 2.24) is 4.90 Å². The molecule has 2 aromatic rings. The fourth-order valence-electron chi connectivity index (χ4n) is 2.44. The lowest BCUT2D eigenvalue weighted by Crippen LogP contribution is -2.32. The highest BCUT2D eigenvalue weighted by Crippen LogP contribution is 2.27. The van der Waals surface area contributed by atoms with Crippen LogP contribution >= 0.6 is 23.2 Å². The molecule has 2 aromatic carbocycles. The smallest absolute Gasteiger partial charge is 0.263 e. The minimum atomic E-state index is -3.97. The summed E-state index contributed by atoms with van der Waals surface area (Å²) in [5.41, 5.74) is 0.544. The van der Waals surface area contributed by atoms with E-state index in [-0.39, 0.29) is 52.5 Å². The minimum absolute atomic E-state index is 0.0272. The summed E-state index contributed by atoms with van der Waals surface area (Å²) in [4.78, 5) is 13.8. The highest BCUT2D eigenvalue weighted by molar-refractivity contribution is 7.92. The predicted molar refractivity (Wildman–Crippen MR) is 110 cm³/mol. The Morgan fingerprint density at radius 1 is 1.00 bits per heavy atom. The van der Waals surface area contributed by atoms with E-state index in [4.69, 9.17) is 33.7 Å². The van der Waals surface area contributed by atoms with Crippen LogP contribution in [0.15, 0.2) is 47.4 Å². The van der Waals surface area contributed by atoms with Crippen LogP contribution in [0.5, 0.6) is 0 Å². The Morgan fingerprint density at radius 3 is 2.14 bits per heavy atom. The first-order chi connectivity index (χ1) is 13.8. The second kappa shape index (κ2) is 10.1. The molecule has 0 aromatic heterocycles. The molecule has 29 heavy (non-hydrogen) atoms. The summed E-state index contributed by atoms with van der Waals surface area (Å²) in [5.74, 6) is -0.345. The number of carbonyl (C=O) groups is 1. The number of hydrogen-bond donors (Lipinski definition) is 1. The zero-order valence-electron chi connectivity index (χ0n) is 15.1. The largest absolute Gasteiger partial charge is 0.337 e. The van der Waals surface area contributed by atoms with E-state index >= 15 is 0 Å². The van der Waals surface area contributed by atoms with Crippen molar-refractivity contribution in [2.24, 2.45) is 0 Å². The van der Waals surface area contributed by atoms with Gasteiger partial charge in [0, 0.05) is 29.4 Å². The third-order valence-electron chi connectivity index (χ3n) is 3.84. The molecule has 0 bridgehead atoms. The van der Waals surface area contributed by atoms with Gasteiger partial charge >= 0.3 is 0 Å². The summed E-state index contributed by atoms with van der Waals surface area (Å²) in [7, 11) is -3.97. The maximum Gasteiger partial charge on any atom is 0.263 e. The highest BCUT2D eigenvalue weighted by atomic mass is 35.5. The molecule has 7 nitrogen and oxygen atoms in total. The predicted octanol–water partition coefficient (Wildman–Crippen LogP) is 4.06. The SMILES string of the molecule is N#CCCN(CCC#N)C(=O)c1ccc(NS(=O)(=O)c2cc(Cl)ccc2Cl)cc1. The third kappa shape index (κ3) is 6.10. The fourth-order valence-corrected chi connectivity index (χ4v) is 4.26. The van der Waals surface area contributed by atoms with Crippen LogP contribution in [-0.2, 0) is 10.0 Å². The molecular weight excluding hydrogens is 435 g/mol. The van der Waals surface area contributed by atoms with E-state index < -0.39 is 10.0 Å². The van der Waals surface area contributed by atoms with Gasteiger partial charge in [0.2, 0.25) is 0 Å². The van der Waals surface area contributed by atoms with Crippen molar-refractivity contribution in [2.75, 3.05) is 17.8 Å². The van der Waals surface area contributed by atoms with E-state index in [0.717, 1.165) is 0 Å². The molecule has 1 amide bonds. The van der Waals surface area contributed by atoms with Crippen molar-refractivity contribution >= 4 is 44.8 Å². The van der Waals surface area contributed by atoms with Crippen molar-refractivity contribution in [3.8, 4) is 12.1 Å². The first-order valence-electron chi connectivity index (χ1n) is 8.39. The molecule has 1 N–H and O–H groups in total. The van der Waals surface area contributed by atoms with Crippen molar-refractivity contribution in [3.05, 3.63) is 58.1 Å². The van der Waals surface area contributed by atoms with Crippen LogP contribution in [0.3, 0.4) is 0 Å². The molecule has 10 heteroatoms. The Hall–Kier alpha value is -2.78. The number of nitrogens with zero attached hydrogens (tertiary/aromatic N) is 3. The Kier molecular flexibility index (Phi) is 7.86. The van der Waals surface area contributed by atoms with Crippen molar-refractivity contribution in [3.63, 3.8) is 0 Å². The fraction of sp³-hybridized carbons (Fsp3) is 0.211. The van der Waals surface area contributed by atoms with E-state index in [0.29, 0.717) is 5.56 Å². The molecule has 0 aliphatic heterocycles. The summed E-state index contributed by atoms with van der Waals surface area (Å²) in [6, 6.07) is 13.8. The first kappa shape index (κ1) is 22.5. The van der Waals surface area contributed by atoms with Gasteiger partial charge in [0.1, 0.15) is 4.90 Å². The Morgan fingerprint density at radius 2 is 1.59 bits per heavy atom. The summed E-state index contributed by atoms with van der Waals surface area (Å²) < 4.78 is 27.5. The zero-order chi connectivity index (χ0) is 21.4. The van der Waals surface area contributed by atoms with E-state index in [1.165, 1.54) is 47.4 Å². The molecule has 0 spiro atoms. The zero-order valence-corrected chi connectivity index (χ0v) is 17.4. The number of rotatable bonds is 8. The van der Waals surface area contributed by atoms with Gasteiger partial charge in [0.05, 0.1) is 30.0 Å². The normalized spacial score (nSPS) is 10.6. The molecule has 0 aliphatic carbocycles. The highest BCUT2D eigenvalue weighted by Gasteiger charge is 2.20. The number of anilines is 1. The van der Waals surface area contributed by atoms with E-state index in [1.807, 2.05) is 12.1 Å². The van der Waals surface area contributed by atoms with Crippen LogP contribution in [0.1, 0.15) is 23.2 Å². The van der Waals surface area contributed by atoms with Gasteiger partial charge in [-0.1, -0.05) is 23.2 Å². The number of sulfonamides is 1. The Bertz CT molecular complexity index is 1060. The average Bonchev–Trinajstić information content (AvgIpc) is 2.69. The topological polar surface area (TPSA) is 114 Å². The quantitative estimate of drug-likeness (QED) is 0.650. The summed E-state index contributed by atoms with van der Waals surface area (Å²) in [6.07, 6.45) is 0.297. The van der Waals surface area contributed by atoms with Gasteiger partial charge in [-0.05, 0) is 42.5 Å². The average molecular weight is 451 g/mol. The van der Waals surface area contributed by atoms with Gasteiger partial charge in [-0.15, -0.1) is 0 Å². The molecule has 0 saturated carbocycles. The molecule has 0 radical (unpaired) electrons. The molecule has 0 atom stereocenters. The van der Waals surface area contributed by atoms with Gasteiger partial charge < -0.3 is 4.90 Å². The lowest BCUT2D eigenvalue weighted by atomic mass is 10.1. The molecule has 0 fully saturated rings. The van der Waals surface area contributed by atoms with Crippen molar-refractivity contribution in [2.45, 2.75) is 17.7 Å². The van der Waals surface area contributed by atoms with Gasteiger partial charge in [0.25, 0.3) is 15.9 Å². The second-order valence-electron chi connectivity index (χ2n) is 5.87. The number of carbonyl (C=O) groups excluding carboxylic acids is 1. The van der Waals surface area contributed by atoms with Crippen LogP contribution in [0, 0.1) is 22.7 Å². The van der Waals surface area contributed by atoms with Crippen LogP contribution in [0.25, 0.3) is 0 Å². The van der Waals surface area contributed by atoms with Gasteiger partial charge in [-0.25, -0.2) is 8.42 Å². The number of amides is 1. The maximum atomic E-state index is 12.6. The monoisotopic (exact) mass is 450 g/mol. The molecule has 2 rings (SSSR count). The molecule has 150 valence electrons. The Balaban J connectivity index is 2.19. The summed E-state index contributed by atoms with van der Waals surface area (Å²) in [6.45, 7) is 0.414. The van der Waals surface area contributed by atoms with E-state index in [2.05, 4.69) is 4.72 Å². The van der Waals surface area contributed by atoms with Gasteiger partial charge in [0.15, 0.2) is 0 Å². The molecule has 0 heterocycles. The molecule has 0 aliphatic rings. The lowest BCUT2D eigenvalue weighted by Gasteiger charge is -2.20. The molecular formula is C19H16Cl2N4O3S. The summed E-state index contributed by atoms with van der Waals surface area (Å²) >= 11 is 11.8. The van der Waals surface area contributed by atoms with E-state index in [1.54, 1.807) is 0 Å². The van der Waals surface area contributed by atoms with Gasteiger partial charge in [-0.3, -0.25) is 9.52 Å². The van der Waals surface area contributed by atoms with Crippen LogP contribution in [0.4, 0.5) is 5.69 Å². The minimum Gasteiger partial charge on any atom is -0.337 e. The van der Waals surface area contributed by atoms with Crippen LogP contribution < -0.4 is 4.72 Å². The Labute approximate surface area is 179 Å². The standard InChI is InChI=1S/C19H16Cl2N4O3S/c20-15-5-8-17(21)18(13-15)29(27,28)24-16-6-3-14(4-7-16)19(26)25(11-1-9-22)12-2-10-23/h3-8,13,24H,1-2,11-12H2. The summed E-state index contributed by atoms with van der Waals surface area (Å²) in [5, 5.41) is 17.7. The van der Waals surface area contributed by atoms with Crippen LogP contribution in [0.2, 0.25) is 10.0 Å². The molecule has 0 saturated heterocycles.